The zero-order chi connectivity index (χ0) is 47.2. The van der Waals surface area contributed by atoms with E-state index in [-0.39, 0.29) is 36.3 Å². The summed E-state index contributed by atoms with van der Waals surface area (Å²) in [4.78, 5) is 46.9. The second kappa shape index (κ2) is 19.7. The van der Waals surface area contributed by atoms with Crippen LogP contribution in [0.2, 0.25) is 0 Å². The first-order valence-electron chi connectivity index (χ1n) is 19.5. The molecule has 3 amide bonds. The van der Waals surface area contributed by atoms with Crippen LogP contribution < -0.4 is 21.8 Å². The molecule has 0 aliphatic carbocycles. The van der Waals surface area contributed by atoms with Crippen molar-refractivity contribution in [1.29, 1.82) is 0 Å². The van der Waals surface area contributed by atoms with Crippen LogP contribution in [0.25, 0.3) is 22.3 Å². The van der Waals surface area contributed by atoms with Crippen LogP contribution in [0.3, 0.4) is 0 Å². The van der Waals surface area contributed by atoms with Gasteiger partial charge in [-0.2, -0.15) is 31.4 Å². The molecule has 1 saturated heterocycles. The summed E-state index contributed by atoms with van der Waals surface area (Å²) in [5, 5.41) is 27.8. The lowest BCUT2D eigenvalue weighted by Gasteiger charge is -2.32. The predicted molar refractivity (Wildman–Crippen MR) is 222 cm³/mol. The van der Waals surface area contributed by atoms with Crippen LogP contribution in [0.1, 0.15) is 61.9 Å². The summed E-state index contributed by atoms with van der Waals surface area (Å²) >= 11 is 0. The molecule has 0 spiro atoms. The highest BCUT2D eigenvalue weighted by Crippen LogP contribution is 2.36. The lowest BCUT2D eigenvalue weighted by molar-refractivity contribution is -0.138. The Morgan fingerprint density at radius 3 is 1.82 bits per heavy atom. The maximum absolute atomic E-state index is 14.2. The molecule has 65 heavy (non-hydrogen) atoms. The number of alkyl halides is 6. The first-order chi connectivity index (χ1) is 30.8. The molecule has 1 aliphatic heterocycles. The first-order valence-corrected chi connectivity index (χ1v) is 19.5. The smallest absolute Gasteiger partial charge is 0.423 e. The minimum atomic E-state index is -4.88. The third kappa shape index (κ3) is 11.0. The number of piperidine rings is 1. The molecular weight excluding hydrogens is 871 g/mol. The molecule has 3 heterocycles. The van der Waals surface area contributed by atoms with E-state index in [0.29, 0.717) is 58.6 Å². The van der Waals surface area contributed by atoms with Gasteiger partial charge in [0.2, 0.25) is 5.91 Å². The Kier molecular flexibility index (Phi) is 14.3. The van der Waals surface area contributed by atoms with E-state index in [1.165, 1.54) is 36.7 Å². The first kappa shape index (κ1) is 47.3. The number of nitrogens with zero attached hydrogens (tertiary/aromatic N) is 5. The van der Waals surface area contributed by atoms with E-state index in [0.717, 1.165) is 37.1 Å². The molecule has 22 heteroatoms. The molecule has 6 N–H and O–H groups in total. The molecule has 0 saturated carbocycles. The van der Waals surface area contributed by atoms with Crippen LogP contribution in [-0.2, 0) is 30.2 Å². The van der Waals surface area contributed by atoms with Crippen LogP contribution in [0.4, 0.5) is 40.9 Å². The van der Waals surface area contributed by atoms with Crippen LogP contribution in [-0.4, -0.2) is 72.6 Å². The van der Waals surface area contributed by atoms with Gasteiger partial charge in [0.05, 0.1) is 33.7 Å². The van der Waals surface area contributed by atoms with Gasteiger partial charge in [0.15, 0.2) is 5.65 Å². The van der Waals surface area contributed by atoms with E-state index in [4.69, 9.17) is 20.9 Å². The third-order valence-electron chi connectivity index (χ3n) is 10.3. The molecule has 4 aromatic carbocycles. The average Bonchev–Trinajstić information content (AvgIpc) is 3.68. The summed E-state index contributed by atoms with van der Waals surface area (Å²) in [7, 11) is -1.65. The second-order valence-corrected chi connectivity index (χ2v) is 14.5. The van der Waals surface area contributed by atoms with Gasteiger partial charge in [0.25, 0.3) is 11.8 Å². The van der Waals surface area contributed by atoms with Crippen molar-refractivity contribution >= 4 is 47.2 Å². The van der Waals surface area contributed by atoms with Crippen molar-refractivity contribution in [3.8, 4) is 11.3 Å². The number of carbonyl (C=O) groups is 3. The van der Waals surface area contributed by atoms with Gasteiger partial charge in [0, 0.05) is 31.7 Å². The van der Waals surface area contributed by atoms with Gasteiger partial charge in [0.1, 0.15) is 29.5 Å². The van der Waals surface area contributed by atoms with E-state index in [1.807, 2.05) is 0 Å². The molecule has 0 unspecified atom stereocenters. The summed E-state index contributed by atoms with van der Waals surface area (Å²) in [6.07, 6.45) is -5.55. The van der Waals surface area contributed by atoms with E-state index in [2.05, 4.69) is 27.2 Å². The highest BCUT2D eigenvalue weighted by atomic mass is 19.4. The number of fused-ring (bicyclic) bond motifs is 1. The van der Waals surface area contributed by atoms with E-state index in [9.17, 15) is 49.5 Å². The molecule has 13 nitrogen and oxygen atoms in total. The molecule has 0 radical (unpaired) electrons. The summed E-state index contributed by atoms with van der Waals surface area (Å²) in [5.74, 6) is -4.82. The molecule has 7 rings (SSSR count). The monoisotopic (exact) mass is 908 g/mol. The summed E-state index contributed by atoms with van der Waals surface area (Å²) in [5.41, 5.74) is 4.38. The van der Waals surface area contributed by atoms with Gasteiger partial charge < -0.3 is 31.3 Å². The number of nitrogens with two attached hydrogens (primary N) is 1. The van der Waals surface area contributed by atoms with Crippen molar-refractivity contribution in [1.82, 2.24) is 35.3 Å². The number of hydrogen-bond acceptors (Lipinski definition) is 9. The zero-order valence-electron chi connectivity index (χ0n) is 33.8. The van der Waals surface area contributed by atoms with Gasteiger partial charge in [-0.25, -0.2) is 23.4 Å². The molecule has 2 aromatic heterocycles. The minimum absolute atomic E-state index is 0.138. The fourth-order valence-corrected chi connectivity index (χ4v) is 7.05. The molecule has 6 aromatic rings. The van der Waals surface area contributed by atoms with Gasteiger partial charge in [-0.15, -0.1) is 0 Å². The number of rotatable bonds is 10. The Morgan fingerprint density at radius 1 is 0.800 bits per heavy atom. The number of nitrogen functional groups attached to an aromatic ring is 1. The number of halogens is 8. The Morgan fingerprint density at radius 2 is 1.32 bits per heavy atom. The van der Waals surface area contributed by atoms with Crippen molar-refractivity contribution in [3.05, 3.63) is 149 Å². The summed E-state index contributed by atoms with van der Waals surface area (Å²) in [6, 6.07) is 17.0. The van der Waals surface area contributed by atoms with Crippen LogP contribution in [0.5, 0.6) is 0 Å². The number of nitrogens with one attached hydrogen (secondary N) is 2. The average molecular weight is 909 g/mol. The van der Waals surface area contributed by atoms with Crippen LogP contribution >= 0.6 is 0 Å². The lowest BCUT2D eigenvalue weighted by Crippen LogP contribution is -2.40. The normalized spacial score (nSPS) is 14.0. The Hall–Kier alpha value is -7.20. The number of benzene rings is 4. The van der Waals surface area contributed by atoms with Gasteiger partial charge in [-0.05, 0) is 59.8 Å². The topological polar surface area (TPSA) is 189 Å². The number of carbonyl (C=O) groups excluding carboxylic acids is 3. The van der Waals surface area contributed by atoms with Crippen molar-refractivity contribution < 1.29 is 59.6 Å². The maximum Gasteiger partial charge on any atom is 0.488 e. The molecule has 1 aliphatic rings. The second-order valence-electron chi connectivity index (χ2n) is 14.5. The molecule has 1 fully saturated rings. The SMILES string of the molecule is C=CC(=O)N1CCC[C@@H](n2nc(-c3ccc(CNC(=O)c4c(F)cccc4C(F)(F)F)cc3)c3c(N)ncnc32)C1.O=C(NCc1ccc(B(O)O)cc1)c1c(F)cccc1C(F)(F)F. The Labute approximate surface area is 364 Å². The highest BCUT2D eigenvalue weighted by molar-refractivity contribution is 6.58. The Bertz CT molecular complexity index is 2710. The minimum Gasteiger partial charge on any atom is -0.423 e. The van der Waals surface area contributed by atoms with Crippen LogP contribution in [0.15, 0.2) is 104 Å². The summed E-state index contributed by atoms with van der Waals surface area (Å²) in [6.45, 7) is 4.33. The molecule has 0 bridgehead atoms. The Balaban J connectivity index is 0.000000248. The van der Waals surface area contributed by atoms with Crippen molar-refractivity contribution in [3.63, 3.8) is 0 Å². The van der Waals surface area contributed by atoms with E-state index >= 15 is 0 Å². The molecular formula is C43H37BF8N8O5. The number of anilines is 1. The predicted octanol–water partition coefficient (Wildman–Crippen LogP) is 5.97. The third-order valence-corrected chi connectivity index (χ3v) is 10.3. The molecule has 338 valence electrons. The van der Waals surface area contributed by atoms with Crippen molar-refractivity contribution in [2.24, 2.45) is 0 Å². The van der Waals surface area contributed by atoms with E-state index in [1.54, 1.807) is 33.8 Å². The fourth-order valence-electron chi connectivity index (χ4n) is 7.05. The number of hydrogen-bond donors (Lipinski definition) is 5. The van der Waals surface area contributed by atoms with Crippen molar-refractivity contribution in [2.75, 3.05) is 18.8 Å². The number of likely N-dealkylation sites (tertiary alicyclic amines) is 1. The van der Waals surface area contributed by atoms with Gasteiger partial charge in [-0.1, -0.05) is 67.2 Å². The van der Waals surface area contributed by atoms with Crippen LogP contribution in [0, 0.1) is 11.6 Å². The largest absolute Gasteiger partial charge is 0.488 e. The molecule has 1 atom stereocenters. The van der Waals surface area contributed by atoms with E-state index < -0.39 is 65.2 Å². The highest BCUT2D eigenvalue weighted by Gasteiger charge is 2.38. The van der Waals surface area contributed by atoms with Crippen molar-refractivity contribution in [2.45, 2.75) is 44.3 Å². The zero-order valence-corrected chi connectivity index (χ0v) is 33.8. The number of aromatic nitrogens is 4. The maximum atomic E-state index is 14.2. The lowest BCUT2D eigenvalue weighted by atomic mass is 9.80. The van der Waals surface area contributed by atoms with Gasteiger partial charge in [-0.3, -0.25) is 14.4 Å². The fraction of sp³-hybridized carbons (Fsp3) is 0.209. The quantitative estimate of drug-likeness (QED) is 0.0628. The number of amides is 3. The van der Waals surface area contributed by atoms with Gasteiger partial charge >= 0.3 is 19.5 Å². The summed E-state index contributed by atoms with van der Waals surface area (Å²) < 4.78 is 108. The standard InChI is InChI=1S/C28H25F4N7O2.C15H12BF4NO3/c1-2-21(40)38-12-4-5-18(14-38)39-26-23(25(33)35-15-36-26)24(37-39)17-10-8-16(9-11-17)13-34-27(41)22-19(28(30,31)32)6-3-7-20(22)29;17-12-3-1-2-11(15(18,19)20)13(12)14(22)21-8-9-4-6-10(7-5-9)16(23)24/h2-3,6-11,15,18H,1,4-5,12-14H2,(H,34,41)(H2,33,35,36);1-7,23-24H,8H2,(H,21,22)/t18-;/m1./s1.